The van der Waals surface area contributed by atoms with E-state index in [1.807, 2.05) is 13.1 Å². The number of rotatable bonds is 2. The third-order valence-corrected chi connectivity index (χ3v) is 4.13. The molecule has 2 aromatic carbocycles. The molecule has 0 aliphatic rings. The van der Waals surface area contributed by atoms with E-state index in [0.717, 1.165) is 16.2 Å². The first-order valence-electron chi connectivity index (χ1n) is 5.92. The molecule has 3 heteroatoms. The minimum absolute atomic E-state index is 1.07. The number of para-hydroxylation sites is 1. The Hall–Kier alpha value is -1.87. The zero-order valence-corrected chi connectivity index (χ0v) is 11.2. The summed E-state index contributed by atoms with van der Waals surface area (Å²) in [6, 6.07) is 14.7. The highest BCUT2D eigenvalue weighted by atomic mass is 32.1. The number of aromatic nitrogens is 1. The average molecular weight is 254 g/mol. The lowest BCUT2D eigenvalue weighted by Crippen LogP contribution is -1.91. The molecule has 0 bridgehead atoms. The summed E-state index contributed by atoms with van der Waals surface area (Å²) in [5.41, 5.74) is 4.66. The van der Waals surface area contributed by atoms with E-state index < -0.39 is 0 Å². The van der Waals surface area contributed by atoms with Crippen molar-refractivity contribution in [1.29, 1.82) is 0 Å². The van der Waals surface area contributed by atoms with E-state index in [0.29, 0.717) is 0 Å². The lowest BCUT2D eigenvalue weighted by Gasteiger charge is -2.06. The molecule has 1 heterocycles. The van der Waals surface area contributed by atoms with Crippen molar-refractivity contribution >= 4 is 27.2 Å². The molecule has 0 saturated carbocycles. The monoisotopic (exact) mass is 254 g/mol. The fourth-order valence-electron chi connectivity index (χ4n) is 2.02. The van der Waals surface area contributed by atoms with Crippen LogP contribution in [0.5, 0.6) is 0 Å². The van der Waals surface area contributed by atoms with Gasteiger partial charge in [0.15, 0.2) is 0 Å². The smallest absolute Gasteiger partial charge is 0.124 e. The fraction of sp³-hybridized carbons (Fsp3) is 0.133. The summed E-state index contributed by atoms with van der Waals surface area (Å²) in [5, 5.41) is 4.29. The molecular formula is C15H14N2S. The minimum atomic E-state index is 1.07. The Balaban J connectivity index is 2.13. The Morgan fingerprint density at radius 1 is 1.11 bits per heavy atom. The zero-order chi connectivity index (χ0) is 12.5. The van der Waals surface area contributed by atoms with Crippen LogP contribution in [-0.4, -0.2) is 12.0 Å². The molecule has 0 aliphatic carbocycles. The van der Waals surface area contributed by atoms with E-state index >= 15 is 0 Å². The summed E-state index contributed by atoms with van der Waals surface area (Å²) in [5.74, 6) is 0. The summed E-state index contributed by atoms with van der Waals surface area (Å²) in [7, 11) is 1.95. The number of aryl methyl sites for hydroxylation is 1. The second-order valence-electron chi connectivity index (χ2n) is 4.27. The van der Waals surface area contributed by atoms with Gasteiger partial charge in [-0.3, -0.25) is 0 Å². The van der Waals surface area contributed by atoms with Crippen molar-refractivity contribution in [3.8, 4) is 10.6 Å². The molecule has 0 spiro atoms. The van der Waals surface area contributed by atoms with Gasteiger partial charge >= 0.3 is 0 Å². The maximum atomic E-state index is 4.68. The Labute approximate surface area is 110 Å². The van der Waals surface area contributed by atoms with Crippen LogP contribution in [0.2, 0.25) is 0 Å². The van der Waals surface area contributed by atoms with Gasteiger partial charge in [0.05, 0.1) is 10.2 Å². The van der Waals surface area contributed by atoms with Crippen LogP contribution in [0.25, 0.3) is 20.8 Å². The van der Waals surface area contributed by atoms with Gasteiger partial charge in [-0.2, -0.15) is 0 Å². The van der Waals surface area contributed by atoms with Crippen molar-refractivity contribution in [2.45, 2.75) is 6.92 Å². The van der Waals surface area contributed by atoms with Gasteiger partial charge < -0.3 is 5.32 Å². The van der Waals surface area contributed by atoms with Crippen molar-refractivity contribution in [1.82, 2.24) is 4.98 Å². The molecule has 1 aromatic heterocycles. The molecule has 0 radical (unpaired) electrons. The topological polar surface area (TPSA) is 24.9 Å². The predicted molar refractivity (Wildman–Crippen MR) is 79.3 cm³/mol. The van der Waals surface area contributed by atoms with Crippen LogP contribution >= 0.6 is 11.3 Å². The molecule has 0 saturated heterocycles. The van der Waals surface area contributed by atoms with Gasteiger partial charge in [0.25, 0.3) is 0 Å². The van der Waals surface area contributed by atoms with Crippen LogP contribution < -0.4 is 5.32 Å². The largest absolute Gasteiger partial charge is 0.388 e. The van der Waals surface area contributed by atoms with E-state index in [1.54, 1.807) is 11.3 Å². The number of hydrogen-bond acceptors (Lipinski definition) is 3. The summed E-state index contributed by atoms with van der Waals surface area (Å²) in [6.07, 6.45) is 0. The number of nitrogens with one attached hydrogen (secondary N) is 1. The van der Waals surface area contributed by atoms with Gasteiger partial charge in [0.2, 0.25) is 0 Å². The molecule has 0 atom stereocenters. The van der Waals surface area contributed by atoms with Crippen LogP contribution in [0, 0.1) is 6.92 Å². The SMILES string of the molecule is CNc1cc(-c2nc3ccccc3s2)ccc1C. The number of thiazole rings is 1. The van der Waals surface area contributed by atoms with Crippen LogP contribution in [0.1, 0.15) is 5.56 Å². The van der Waals surface area contributed by atoms with Crippen LogP contribution in [-0.2, 0) is 0 Å². The van der Waals surface area contributed by atoms with Gasteiger partial charge in [0, 0.05) is 18.3 Å². The number of nitrogens with zero attached hydrogens (tertiary/aromatic N) is 1. The Bertz CT molecular complexity index is 668. The molecule has 0 aliphatic heterocycles. The average Bonchev–Trinajstić information content (AvgIpc) is 2.83. The molecule has 0 amide bonds. The second-order valence-corrected chi connectivity index (χ2v) is 5.30. The normalized spacial score (nSPS) is 10.8. The number of benzene rings is 2. The fourth-order valence-corrected chi connectivity index (χ4v) is 2.98. The van der Waals surface area contributed by atoms with E-state index in [1.165, 1.54) is 15.8 Å². The van der Waals surface area contributed by atoms with Gasteiger partial charge in [-0.05, 0) is 30.7 Å². The first-order valence-corrected chi connectivity index (χ1v) is 6.74. The predicted octanol–water partition coefficient (Wildman–Crippen LogP) is 4.31. The highest BCUT2D eigenvalue weighted by Crippen LogP contribution is 2.32. The molecule has 18 heavy (non-hydrogen) atoms. The maximum Gasteiger partial charge on any atom is 0.124 e. The molecule has 0 unspecified atom stereocenters. The lowest BCUT2D eigenvalue weighted by atomic mass is 10.1. The Morgan fingerprint density at radius 3 is 2.72 bits per heavy atom. The summed E-state index contributed by atoms with van der Waals surface area (Å²) < 4.78 is 1.24. The second kappa shape index (κ2) is 4.42. The van der Waals surface area contributed by atoms with Crippen molar-refractivity contribution in [3.05, 3.63) is 48.0 Å². The highest BCUT2D eigenvalue weighted by Gasteiger charge is 2.07. The van der Waals surface area contributed by atoms with Crippen molar-refractivity contribution in [2.24, 2.45) is 0 Å². The van der Waals surface area contributed by atoms with E-state index in [4.69, 9.17) is 0 Å². The first kappa shape index (κ1) is 11.2. The van der Waals surface area contributed by atoms with Crippen molar-refractivity contribution in [2.75, 3.05) is 12.4 Å². The molecule has 2 nitrogen and oxygen atoms in total. The van der Waals surface area contributed by atoms with E-state index in [9.17, 15) is 0 Å². The zero-order valence-electron chi connectivity index (χ0n) is 10.4. The number of hydrogen-bond donors (Lipinski definition) is 1. The van der Waals surface area contributed by atoms with E-state index in [-0.39, 0.29) is 0 Å². The summed E-state index contributed by atoms with van der Waals surface area (Å²) in [4.78, 5) is 4.68. The molecule has 1 N–H and O–H groups in total. The molecule has 90 valence electrons. The standard InChI is InChI=1S/C15H14N2S/c1-10-7-8-11(9-13(10)16-2)15-17-12-5-3-4-6-14(12)18-15/h3-9,16H,1-2H3. The van der Waals surface area contributed by atoms with Crippen LogP contribution in [0.3, 0.4) is 0 Å². The number of anilines is 1. The quantitative estimate of drug-likeness (QED) is 0.737. The first-order chi connectivity index (χ1) is 8.78. The third kappa shape index (κ3) is 1.87. The van der Waals surface area contributed by atoms with Crippen molar-refractivity contribution in [3.63, 3.8) is 0 Å². The summed E-state index contributed by atoms with van der Waals surface area (Å²) >= 11 is 1.74. The highest BCUT2D eigenvalue weighted by molar-refractivity contribution is 7.21. The van der Waals surface area contributed by atoms with E-state index in [2.05, 4.69) is 53.6 Å². The molecule has 3 aromatic rings. The van der Waals surface area contributed by atoms with Gasteiger partial charge in [0.1, 0.15) is 5.01 Å². The Morgan fingerprint density at radius 2 is 1.94 bits per heavy atom. The minimum Gasteiger partial charge on any atom is -0.388 e. The lowest BCUT2D eigenvalue weighted by molar-refractivity contribution is 1.39. The van der Waals surface area contributed by atoms with Crippen LogP contribution in [0.15, 0.2) is 42.5 Å². The molecular weight excluding hydrogens is 240 g/mol. The van der Waals surface area contributed by atoms with Gasteiger partial charge in [-0.15, -0.1) is 11.3 Å². The maximum absolute atomic E-state index is 4.68. The molecule has 0 fully saturated rings. The van der Waals surface area contributed by atoms with Gasteiger partial charge in [-0.1, -0.05) is 24.3 Å². The van der Waals surface area contributed by atoms with Crippen LogP contribution in [0.4, 0.5) is 5.69 Å². The Kier molecular flexibility index (Phi) is 2.76. The van der Waals surface area contributed by atoms with Crippen molar-refractivity contribution < 1.29 is 0 Å². The molecule has 3 rings (SSSR count). The van der Waals surface area contributed by atoms with Gasteiger partial charge in [-0.25, -0.2) is 4.98 Å². The third-order valence-electron chi connectivity index (χ3n) is 3.05. The summed E-state index contributed by atoms with van der Waals surface area (Å²) in [6.45, 7) is 2.11. The number of fused-ring (bicyclic) bond motifs is 1.